The molecule has 0 spiro atoms. The van der Waals surface area contributed by atoms with Crippen LogP contribution in [0.1, 0.15) is 25.1 Å². The zero-order valence-electron chi connectivity index (χ0n) is 9.06. The molecule has 1 aromatic heterocycles. The Balaban J connectivity index is 1.75. The van der Waals surface area contributed by atoms with E-state index in [4.69, 9.17) is 5.73 Å². The number of hydrogen-bond donors (Lipinski definition) is 1. The molecule has 15 heavy (non-hydrogen) atoms. The van der Waals surface area contributed by atoms with Crippen LogP contribution in [-0.4, -0.2) is 26.8 Å². The monoisotopic (exact) mass is 207 g/mol. The molecule has 2 saturated carbocycles. The lowest BCUT2D eigenvalue weighted by Gasteiger charge is -2.27. The fourth-order valence-electron chi connectivity index (χ4n) is 3.12. The summed E-state index contributed by atoms with van der Waals surface area (Å²) in [4.78, 5) is 1.52. The highest BCUT2D eigenvalue weighted by molar-refractivity contribution is 5.06. The quantitative estimate of drug-likeness (QED) is 0.764. The van der Waals surface area contributed by atoms with Crippen LogP contribution in [-0.2, 0) is 13.5 Å². The number of nitrogens with two attached hydrogens (primary N) is 1. The number of hydrogen-bond acceptors (Lipinski definition) is 4. The molecule has 2 unspecified atom stereocenters. The van der Waals surface area contributed by atoms with Gasteiger partial charge in [-0.05, 0) is 48.3 Å². The molecule has 1 aromatic rings. The minimum Gasteiger partial charge on any atom is -0.330 e. The molecule has 3 rings (SSSR count). The molecule has 5 heteroatoms. The van der Waals surface area contributed by atoms with Crippen molar-refractivity contribution in [1.82, 2.24) is 20.2 Å². The Morgan fingerprint density at radius 3 is 2.73 bits per heavy atom. The van der Waals surface area contributed by atoms with Gasteiger partial charge in [-0.25, -0.2) is 0 Å². The Hall–Kier alpha value is -0.970. The predicted molar refractivity (Wildman–Crippen MR) is 54.8 cm³/mol. The average Bonchev–Trinajstić information content (AvgIpc) is 2.65. The van der Waals surface area contributed by atoms with Crippen LogP contribution in [0.2, 0.25) is 0 Å². The van der Waals surface area contributed by atoms with E-state index < -0.39 is 0 Å². The Bertz CT molecular complexity index is 362. The molecule has 82 valence electrons. The second-order valence-electron chi connectivity index (χ2n) is 5.24. The van der Waals surface area contributed by atoms with E-state index in [0.717, 1.165) is 30.6 Å². The molecule has 2 fully saturated rings. The first-order valence-corrected chi connectivity index (χ1v) is 5.64. The van der Waals surface area contributed by atoms with E-state index in [0.29, 0.717) is 0 Å². The molecule has 5 nitrogen and oxygen atoms in total. The predicted octanol–water partition coefficient (Wildman–Crippen LogP) is 0.128. The second-order valence-corrected chi connectivity index (χ2v) is 5.24. The van der Waals surface area contributed by atoms with Gasteiger partial charge >= 0.3 is 0 Å². The van der Waals surface area contributed by atoms with E-state index in [1.54, 1.807) is 7.05 Å². The van der Waals surface area contributed by atoms with Gasteiger partial charge in [-0.3, -0.25) is 0 Å². The second kappa shape index (κ2) is 3.01. The molecule has 0 radical (unpaired) electrons. The summed E-state index contributed by atoms with van der Waals surface area (Å²) in [7, 11) is 1.80. The van der Waals surface area contributed by atoms with Gasteiger partial charge in [0.1, 0.15) is 0 Å². The lowest BCUT2D eigenvalue weighted by Crippen LogP contribution is -2.31. The van der Waals surface area contributed by atoms with Gasteiger partial charge in [-0.1, -0.05) is 0 Å². The Kier molecular flexibility index (Phi) is 1.86. The molecule has 0 aliphatic heterocycles. The van der Waals surface area contributed by atoms with E-state index in [2.05, 4.69) is 15.4 Å². The van der Waals surface area contributed by atoms with Gasteiger partial charge in [0.15, 0.2) is 5.82 Å². The van der Waals surface area contributed by atoms with Gasteiger partial charge < -0.3 is 5.73 Å². The highest BCUT2D eigenvalue weighted by Gasteiger charge is 2.53. The minimum absolute atomic E-state index is 0.274. The summed E-state index contributed by atoms with van der Waals surface area (Å²) in [5.74, 6) is 2.75. The van der Waals surface area contributed by atoms with Crippen molar-refractivity contribution in [1.29, 1.82) is 0 Å². The number of nitrogens with zero attached hydrogens (tertiary/aromatic N) is 4. The third kappa shape index (κ3) is 1.55. The lowest BCUT2D eigenvalue weighted by molar-refractivity contribution is 0.267. The number of tetrazole rings is 1. The minimum atomic E-state index is 0.274. The normalized spacial score (nSPS) is 38.0. The summed E-state index contributed by atoms with van der Waals surface area (Å²) in [6.45, 7) is 0.762. The van der Waals surface area contributed by atoms with Crippen molar-refractivity contribution < 1.29 is 0 Å². The van der Waals surface area contributed by atoms with Crippen molar-refractivity contribution >= 4 is 0 Å². The Labute approximate surface area is 89.0 Å². The molecule has 2 N–H and O–H groups in total. The van der Waals surface area contributed by atoms with Crippen LogP contribution in [0.15, 0.2) is 0 Å². The topological polar surface area (TPSA) is 69.6 Å². The molecule has 0 saturated heterocycles. The first kappa shape index (κ1) is 9.27. The van der Waals surface area contributed by atoms with E-state index >= 15 is 0 Å². The van der Waals surface area contributed by atoms with Crippen LogP contribution in [0.4, 0.5) is 0 Å². The molecule has 0 amide bonds. The first-order valence-electron chi connectivity index (χ1n) is 5.64. The molecule has 1 heterocycles. The largest absolute Gasteiger partial charge is 0.330 e. The van der Waals surface area contributed by atoms with Crippen molar-refractivity contribution in [3.63, 3.8) is 0 Å². The van der Waals surface area contributed by atoms with Crippen molar-refractivity contribution in [3.8, 4) is 0 Å². The van der Waals surface area contributed by atoms with Gasteiger partial charge in [0.05, 0.1) is 7.05 Å². The van der Waals surface area contributed by atoms with Crippen molar-refractivity contribution in [3.05, 3.63) is 5.82 Å². The zero-order valence-corrected chi connectivity index (χ0v) is 9.06. The highest BCUT2D eigenvalue weighted by Crippen LogP contribution is 2.60. The molecule has 2 aliphatic carbocycles. The number of aryl methyl sites for hydroxylation is 1. The van der Waals surface area contributed by atoms with Crippen molar-refractivity contribution in [2.75, 3.05) is 6.54 Å². The van der Waals surface area contributed by atoms with Crippen LogP contribution < -0.4 is 5.73 Å². The zero-order chi connectivity index (χ0) is 10.5. The van der Waals surface area contributed by atoms with Crippen molar-refractivity contribution in [2.24, 2.45) is 30.0 Å². The highest BCUT2D eigenvalue weighted by atomic mass is 15.6. The summed E-state index contributed by atoms with van der Waals surface area (Å²) >= 11 is 0. The molecule has 0 bridgehead atoms. The fourth-order valence-corrected chi connectivity index (χ4v) is 3.12. The molecule has 2 aliphatic rings. The third-order valence-electron chi connectivity index (χ3n) is 3.98. The summed E-state index contributed by atoms with van der Waals surface area (Å²) in [5.41, 5.74) is 6.20. The fraction of sp³-hybridized carbons (Fsp3) is 0.900. The standard InChI is InChI=1S/C10H17N5/c1-15-13-9(12-14-15)5-10(6-11)3-7-2-8(7)4-10/h7-8H,2-6,11H2,1H3. The average molecular weight is 207 g/mol. The Morgan fingerprint density at radius 2 is 2.20 bits per heavy atom. The maximum absolute atomic E-state index is 5.92. The van der Waals surface area contributed by atoms with Gasteiger partial charge in [0.25, 0.3) is 0 Å². The van der Waals surface area contributed by atoms with Crippen LogP contribution in [0, 0.1) is 17.3 Å². The van der Waals surface area contributed by atoms with Crippen LogP contribution >= 0.6 is 0 Å². The van der Waals surface area contributed by atoms with Crippen LogP contribution in [0.5, 0.6) is 0 Å². The van der Waals surface area contributed by atoms with E-state index in [1.807, 2.05) is 0 Å². The maximum Gasteiger partial charge on any atom is 0.175 e. The van der Waals surface area contributed by atoms with Crippen molar-refractivity contribution in [2.45, 2.75) is 25.7 Å². The first-order chi connectivity index (χ1) is 7.21. The smallest absolute Gasteiger partial charge is 0.175 e. The van der Waals surface area contributed by atoms with E-state index in [1.165, 1.54) is 24.1 Å². The summed E-state index contributed by atoms with van der Waals surface area (Å²) in [5, 5.41) is 12.2. The number of aromatic nitrogens is 4. The SMILES string of the molecule is Cn1nnc(CC2(CN)CC3CC3C2)n1. The van der Waals surface area contributed by atoms with Gasteiger partial charge in [-0.2, -0.15) is 4.80 Å². The van der Waals surface area contributed by atoms with Gasteiger partial charge in [-0.15, -0.1) is 10.2 Å². The third-order valence-corrected chi connectivity index (χ3v) is 3.98. The van der Waals surface area contributed by atoms with E-state index in [-0.39, 0.29) is 5.41 Å². The Morgan fingerprint density at radius 1 is 1.47 bits per heavy atom. The van der Waals surface area contributed by atoms with Gasteiger partial charge in [0.2, 0.25) is 0 Å². The summed E-state index contributed by atoms with van der Waals surface area (Å²) in [6.07, 6.45) is 4.87. The van der Waals surface area contributed by atoms with Crippen LogP contribution in [0.25, 0.3) is 0 Å². The van der Waals surface area contributed by atoms with E-state index in [9.17, 15) is 0 Å². The number of fused-ring (bicyclic) bond motifs is 1. The molecular formula is C10H17N5. The summed E-state index contributed by atoms with van der Waals surface area (Å²) < 4.78 is 0. The summed E-state index contributed by atoms with van der Waals surface area (Å²) in [6, 6.07) is 0. The molecular weight excluding hydrogens is 190 g/mol. The molecule has 0 aromatic carbocycles. The molecule has 2 atom stereocenters. The van der Waals surface area contributed by atoms with Gasteiger partial charge in [0, 0.05) is 6.42 Å². The number of rotatable bonds is 3. The maximum atomic E-state index is 5.92. The van der Waals surface area contributed by atoms with Crippen LogP contribution in [0.3, 0.4) is 0 Å². The lowest BCUT2D eigenvalue weighted by atomic mass is 9.79.